The van der Waals surface area contributed by atoms with Crippen LogP contribution < -0.4 is 4.74 Å². The van der Waals surface area contributed by atoms with E-state index in [0.717, 1.165) is 12.0 Å². The lowest BCUT2D eigenvalue weighted by Crippen LogP contribution is -2.08. The van der Waals surface area contributed by atoms with Crippen LogP contribution in [0.4, 0.5) is 0 Å². The first-order valence-corrected chi connectivity index (χ1v) is 6.89. The van der Waals surface area contributed by atoms with Gasteiger partial charge in [-0.25, -0.2) is 9.48 Å². The number of halogens is 1. The number of hydrogen-bond donors (Lipinski definition) is 1. The van der Waals surface area contributed by atoms with Gasteiger partial charge in [0.15, 0.2) is 5.69 Å². The van der Waals surface area contributed by atoms with Crippen LogP contribution in [0.25, 0.3) is 5.69 Å². The Bertz CT molecular complexity index is 682. The van der Waals surface area contributed by atoms with Crippen molar-refractivity contribution in [3.05, 3.63) is 34.1 Å². The topological polar surface area (TPSA) is 77.2 Å². The molecule has 0 aliphatic carbocycles. The van der Waals surface area contributed by atoms with Crippen molar-refractivity contribution >= 4 is 17.6 Å². The summed E-state index contributed by atoms with van der Waals surface area (Å²) in [7, 11) is 1.53. The van der Waals surface area contributed by atoms with E-state index in [4.69, 9.17) is 16.3 Å². The van der Waals surface area contributed by atoms with Gasteiger partial charge in [-0.2, -0.15) is 0 Å². The molecule has 0 unspecified atom stereocenters. The molecule has 0 saturated heterocycles. The number of rotatable bonds is 5. The van der Waals surface area contributed by atoms with Gasteiger partial charge < -0.3 is 9.84 Å². The molecule has 0 fully saturated rings. The summed E-state index contributed by atoms with van der Waals surface area (Å²) < 4.78 is 6.83. The number of methoxy groups -OCH3 is 1. The maximum Gasteiger partial charge on any atom is 0.358 e. The molecule has 1 N–H and O–H groups in total. The molecule has 0 atom stereocenters. The fourth-order valence-electron chi connectivity index (χ4n) is 2.10. The van der Waals surface area contributed by atoms with Gasteiger partial charge in [-0.1, -0.05) is 30.2 Å². The van der Waals surface area contributed by atoms with Crippen LogP contribution in [0, 0.1) is 6.92 Å². The van der Waals surface area contributed by atoms with E-state index in [0.29, 0.717) is 28.6 Å². The predicted octanol–water partition coefficient (Wildman–Crippen LogP) is 2.89. The quantitative estimate of drug-likeness (QED) is 0.919. The van der Waals surface area contributed by atoms with Gasteiger partial charge in [-0.15, -0.1) is 5.10 Å². The molecule has 2 rings (SSSR count). The molecule has 0 amide bonds. The monoisotopic (exact) mass is 309 g/mol. The van der Waals surface area contributed by atoms with E-state index in [1.165, 1.54) is 11.8 Å². The zero-order chi connectivity index (χ0) is 15.6. The van der Waals surface area contributed by atoms with E-state index in [2.05, 4.69) is 10.3 Å². The van der Waals surface area contributed by atoms with Gasteiger partial charge in [-0.3, -0.25) is 0 Å². The molecule has 0 aliphatic heterocycles. The summed E-state index contributed by atoms with van der Waals surface area (Å²) in [6, 6.07) is 3.49. The second kappa shape index (κ2) is 6.13. The first-order chi connectivity index (χ1) is 9.99. The van der Waals surface area contributed by atoms with Gasteiger partial charge in [0.2, 0.25) is 0 Å². The molecule has 0 bridgehead atoms. The Morgan fingerprint density at radius 1 is 1.48 bits per heavy atom. The zero-order valence-electron chi connectivity index (χ0n) is 12.1. The van der Waals surface area contributed by atoms with Crippen molar-refractivity contribution < 1.29 is 14.6 Å². The Hall–Kier alpha value is -2.08. The average molecular weight is 310 g/mol. The smallest absolute Gasteiger partial charge is 0.358 e. The number of ether oxygens (including phenoxy) is 1. The third-order valence-electron chi connectivity index (χ3n) is 3.14. The number of aryl methyl sites for hydroxylation is 1. The SMILES string of the molecule is CCCc1c(C(=O)O)nnn1-c1cc(C)c(Cl)cc1OC. The molecule has 2 aromatic rings. The highest BCUT2D eigenvalue weighted by Crippen LogP contribution is 2.30. The van der Waals surface area contributed by atoms with E-state index in [9.17, 15) is 9.90 Å². The summed E-state index contributed by atoms with van der Waals surface area (Å²) in [5.74, 6) is -0.570. The lowest BCUT2D eigenvalue weighted by atomic mass is 10.1. The number of nitrogens with zero attached hydrogens (tertiary/aromatic N) is 3. The minimum atomic E-state index is -1.09. The number of aromatic nitrogens is 3. The molecule has 6 nitrogen and oxygen atoms in total. The lowest BCUT2D eigenvalue weighted by molar-refractivity contribution is 0.0689. The predicted molar refractivity (Wildman–Crippen MR) is 78.6 cm³/mol. The van der Waals surface area contributed by atoms with Crippen molar-refractivity contribution in [2.75, 3.05) is 7.11 Å². The highest BCUT2D eigenvalue weighted by molar-refractivity contribution is 6.31. The fourth-order valence-corrected chi connectivity index (χ4v) is 2.25. The van der Waals surface area contributed by atoms with Crippen molar-refractivity contribution in [1.82, 2.24) is 15.0 Å². The molecular weight excluding hydrogens is 294 g/mol. The average Bonchev–Trinajstić information content (AvgIpc) is 2.85. The summed E-state index contributed by atoms with van der Waals surface area (Å²) in [5, 5.41) is 17.5. The van der Waals surface area contributed by atoms with E-state index in [-0.39, 0.29) is 5.69 Å². The molecule has 1 aromatic carbocycles. The van der Waals surface area contributed by atoms with Crippen LogP contribution in [0.1, 0.15) is 35.1 Å². The van der Waals surface area contributed by atoms with Crippen molar-refractivity contribution in [3.8, 4) is 11.4 Å². The van der Waals surface area contributed by atoms with Crippen molar-refractivity contribution in [2.45, 2.75) is 26.7 Å². The normalized spacial score (nSPS) is 10.7. The molecule has 112 valence electrons. The highest BCUT2D eigenvalue weighted by atomic mass is 35.5. The summed E-state index contributed by atoms with van der Waals surface area (Å²) >= 11 is 6.09. The zero-order valence-corrected chi connectivity index (χ0v) is 12.8. The first-order valence-electron chi connectivity index (χ1n) is 6.52. The highest BCUT2D eigenvalue weighted by Gasteiger charge is 2.21. The van der Waals surface area contributed by atoms with Crippen LogP contribution >= 0.6 is 11.6 Å². The molecular formula is C14H16ClN3O3. The second-order valence-electron chi connectivity index (χ2n) is 4.62. The molecule has 0 radical (unpaired) electrons. The Labute approximate surface area is 127 Å². The van der Waals surface area contributed by atoms with E-state index >= 15 is 0 Å². The maximum atomic E-state index is 11.2. The molecule has 0 saturated carbocycles. The van der Waals surface area contributed by atoms with Crippen molar-refractivity contribution in [3.63, 3.8) is 0 Å². The summed E-state index contributed by atoms with van der Waals surface area (Å²) in [6.45, 7) is 3.83. The Kier molecular flexibility index (Phi) is 4.47. The van der Waals surface area contributed by atoms with Crippen LogP contribution in [0.3, 0.4) is 0 Å². The van der Waals surface area contributed by atoms with Gasteiger partial charge >= 0.3 is 5.97 Å². The van der Waals surface area contributed by atoms with Gasteiger partial charge in [0.05, 0.1) is 12.8 Å². The van der Waals surface area contributed by atoms with Crippen molar-refractivity contribution in [2.24, 2.45) is 0 Å². The van der Waals surface area contributed by atoms with Crippen LogP contribution in [-0.2, 0) is 6.42 Å². The van der Waals surface area contributed by atoms with Crippen LogP contribution in [-0.4, -0.2) is 33.2 Å². The van der Waals surface area contributed by atoms with Gasteiger partial charge in [-0.05, 0) is 25.0 Å². The number of aromatic carboxylic acids is 1. The summed E-state index contributed by atoms with van der Waals surface area (Å²) in [6.07, 6.45) is 1.34. The molecule has 7 heteroatoms. The number of carboxylic acid groups (broad SMARTS) is 1. The maximum absolute atomic E-state index is 11.2. The van der Waals surface area contributed by atoms with Crippen molar-refractivity contribution in [1.29, 1.82) is 0 Å². The number of carboxylic acids is 1. The molecule has 1 aromatic heterocycles. The van der Waals surface area contributed by atoms with E-state index in [1.807, 2.05) is 13.8 Å². The lowest BCUT2D eigenvalue weighted by Gasteiger charge is -2.12. The van der Waals surface area contributed by atoms with Crippen LogP contribution in [0.15, 0.2) is 12.1 Å². The fraction of sp³-hybridized carbons (Fsp3) is 0.357. The molecule has 1 heterocycles. The number of hydrogen-bond acceptors (Lipinski definition) is 4. The molecule has 0 aliphatic rings. The van der Waals surface area contributed by atoms with Gasteiger partial charge in [0, 0.05) is 11.1 Å². The second-order valence-corrected chi connectivity index (χ2v) is 5.03. The van der Waals surface area contributed by atoms with E-state index in [1.54, 1.807) is 12.1 Å². The minimum absolute atomic E-state index is 0.0356. The Balaban J connectivity index is 2.66. The van der Waals surface area contributed by atoms with Gasteiger partial charge in [0.1, 0.15) is 11.4 Å². The Morgan fingerprint density at radius 3 is 2.76 bits per heavy atom. The van der Waals surface area contributed by atoms with Crippen LogP contribution in [0.2, 0.25) is 5.02 Å². The molecule has 0 spiro atoms. The number of carbonyl (C=O) groups is 1. The van der Waals surface area contributed by atoms with E-state index < -0.39 is 5.97 Å². The minimum Gasteiger partial charge on any atom is -0.494 e. The summed E-state index contributed by atoms with van der Waals surface area (Å²) in [5.41, 5.74) is 1.99. The molecule has 21 heavy (non-hydrogen) atoms. The third kappa shape index (κ3) is 2.85. The number of benzene rings is 1. The van der Waals surface area contributed by atoms with Gasteiger partial charge in [0.25, 0.3) is 0 Å². The third-order valence-corrected chi connectivity index (χ3v) is 3.55. The Morgan fingerprint density at radius 2 is 2.19 bits per heavy atom. The standard InChI is InChI=1S/C14H16ClN3O3/c1-4-5-10-13(14(19)20)16-17-18(10)11-6-8(2)9(15)7-12(11)21-3/h6-7H,4-5H2,1-3H3,(H,19,20). The first kappa shape index (κ1) is 15.3. The summed E-state index contributed by atoms with van der Waals surface area (Å²) in [4.78, 5) is 11.2. The largest absolute Gasteiger partial charge is 0.494 e. The van der Waals surface area contributed by atoms with Crippen LogP contribution in [0.5, 0.6) is 5.75 Å².